The first-order valence-electron chi connectivity index (χ1n) is 4.55. The summed E-state index contributed by atoms with van der Waals surface area (Å²) in [6.45, 7) is 2.21. The van der Waals surface area contributed by atoms with Gasteiger partial charge in [0.25, 0.3) is 9.05 Å². The molecule has 0 bridgehead atoms. The van der Waals surface area contributed by atoms with Gasteiger partial charge in [-0.15, -0.1) is 0 Å². The molecule has 0 saturated heterocycles. The van der Waals surface area contributed by atoms with Crippen LogP contribution in [0.25, 0.3) is 0 Å². The van der Waals surface area contributed by atoms with Gasteiger partial charge in [-0.1, -0.05) is 22.0 Å². The van der Waals surface area contributed by atoms with Crippen LogP contribution in [0.2, 0.25) is 0 Å². The lowest BCUT2D eigenvalue weighted by Gasteiger charge is -2.13. The van der Waals surface area contributed by atoms with Gasteiger partial charge >= 0.3 is 0 Å². The zero-order chi connectivity index (χ0) is 11.5. The van der Waals surface area contributed by atoms with Crippen molar-refractivity contribution >= 4 is 35.7 Å². The molecule has 0 aromatic heterocycles. The summed E-state index contributed by atoms with van der Waals surface area (Å²) in [6, 6.07) is 0. The minimum absolute atomic E-state index is 0.0918. The molecule has 0 aromatic rings. The van der Waals surface area contributed by atoms with E-state index in [9.17, 15) is 8.42 Å². The fraction of sp³-hybridized carbons (Fsp3) is 0.556. The minimum atomic E-state index is -3.73. The SMILES string of the molecule is CC1OCCC/C=C(/Br)C=C1S(=O)(=O)Cl. The maximum Gasteiger partial charge on any atom is 0.260 e. The van der Waals surface area contributed by atoms with Gasteiger partial charge in [-0.05, 0) is 25.8 Å². The first kappa shape index (κ1) is 13.2. The van der Waals surface area contributed by atoms with Gasteiger partial charge in [0.05, 0.1) is 11.0 Å². The molecule has 1 rings (SSSR count). The predicted octanol–water partition coefficient (Wildman–Crippen LogP) is 2.92. The maximum atomic E-state index is 11.3. The Balaban J connectivity index is 3.09. The van der Waals surface area contributed by atoms with Crippen LogP contribution in [0, 0.1) is 0 Å². The summed E-state index contributed by atoms with van der Waals surface area (Å²) in [5.41, 5.74) is 0. The number of hydrogen-bond acceptors (Lipinski definition) is 3. The molecule has 1 aliphatic rings. The lowest BCUT2D eigenvalue weighted by atomic mass is 10.3. The van der Waals surface area contributed by atoms with Gasteiger partial charge in [0.1, 0.15) is 0 Å². The number of ether oxygens (including phenoxy) is 1. The topological polar surface area (TPSA) is 43.4 Å². The smallest absolute Gasteiger partial charge is 0.260 e. The quantitative estimate of drug-likeness (QED) is 0.699. The second-order valence-electron chi connectivity index (χ2n) is 3.23. The van der Waals surface area contributed by atoms with Crippen LogP contribution < -0.4 is 0 Å². The Hall–Kier alpha value is 0.160. The van der Waals surface area contributed by atoms with Crippen LogP contribution in [-0.4, -0.2) is 21.1 Å². The fourth-order valence-electron chi connectivity index (χ4n) is 1.25. The molecule has 0 aliphatic carbocycles. The number of halogens is 2. The standard InChI is InChI=1S/C9H12BrClO3S/c1-7-9(15(11,12)13)6-8(10)4-2-3-5-14-7/h4,6-7H,2-3,5H2,1H3/b8-4+,9-6?. The van der Waals surface area contributed by atoms with Gasteiger partial charge in [0, 0.05) is 21.8 Å². The second-order valence-corrected chi connectivity index (χ2v) is 6.71. The van der Waals surface area contributed by atoms with Crippen molar-refractivity contribution in [3.8, 4) is 0 Å². The van der Waals surface area contributed by atoms with Crippen molar-refractivity contribution < 1.29 is 13.2 Å². The third-order valence-corrected chi connectivity index (χ3v) is 4.12. The second kappa shape index (κ2) is 5.48. The molecule has 1 atom stereocenters. The van der Waals surface area contributed by atoms with Crippen molar-refractivity contribution in [2.24, 2.45) is 0 Å². The van der Waals surface area contributed by atoms with Gasteiger partial charge in [0.15, 0.2) is 0 Å². The molecule has 0 radical (unpaired) electrons. The molecule has 1 unspecified atom stereocenters. The summed E-state index contributed by atoms with van der Waals surface area (Å²) in [6.07, 6.45) is 4.61. The van der Waals surface area contributed by atoms with Gasteiger partial charge in [-0.3, -0.25) is 0 Å². The molecule has 1 heterocycles. The average molecular weight is 316 g/mol. The monoisotopic (exact) mass is 314 g/mol. The van der Waals surface area contributed by atoms with Crippen molar-refractivity contribution in [3.63, 3.8) is 0 Å². The van der Waals surface area contributed by atoms with Crippen LogP contribution in [0.4, 0.5) is 0 Å². The van der Waals surface area contributed by atoms with E-state index in [1.165, 1.54) is 6.08 Å². The molecule has 0 aromatic carbocycles. The molecule has 3 nitrogen and oxygen atoms in total. The van der Waals surface area contributed by atoms with E-state index in [0.29, 0.717) is 6.61 Å². The van der Waals surface area contributed by atoms with E-state index in [4.69, 9.17) is 15.4 Å². The summed E-state index contributed by atoms with van der Waals surface area (Å²) in [5, 5.41) is 0. The normalized spacial score (nSPS) is 28.1. The van der Waals surface area contributed by atoms with E-state index in [-0.39, 0.29) is 4.91 Å². The Kier molecular flexibility index (Phi) is 4.83. The highest BCUT2D eigenvalue weighted by molar-refractivity contribution is 9.11. The Morgan fingerprint density at radius 3 is 2.87 bits per heavy atom. The highest BCUT2D eigenvalue weighted by Crippen LogP contribution is 2.24. The van der Waals surface area contributed by atoms with E-state index in [1.54, 1.807) is 6.92 Å². The molecule has 1 aliphatic heterocycles. The Morgan fingerprint density at radius 2 is 2.27 bits per heavy atom. The van der Waals surface area contributed by atoms with E-state index in [1.807, 2.05) is 6.08 Å². The van der Waals surface area contributed by atoms with Crippen molar-refractivity contribution in [2.45, 2.75) is 25.9 Å². The summed E-state index contributed by atoms with van der Waals surface area (Å²) in [4.78, 5) is 0.0918. The lowest BCUT2D eigenvalue weighted by molar-refractivity contribution is 0.0934. The molecule has 15 heavy (non-hydrogen) atoms. The Labute approximate surface area is 103 Å². The van der Waals surface area contributed by atoms with E-state index >= 15 is 0 Å². The fourth-order valence-corrected chi connectivity index (χ4v) is 3.12. The molecule has 6 heteroatoms. The third-order valence-electron chi connectivity index (χ3n) is 2.02. The zero-order valence-corrected chi connectivity index (χ0v) is 11.4. The Bertz CT molecular complexity index is 386. The molecule has 86 valence electrons. The molecule has 0 fully saturated rings. The van der Waals surface area contributed by atoms with Crippen LogP contribution in [-0.2, 0) is 13.8 Å². The largest absolute Gasteiger partial charge is 0.373 e. The highest BCUT2D eigenvalue weighted by atomic mass is 79.9. The van der Waals surface area contributed by atoms with E-state index < -0.39 is 15.2 Å². The highest BCUT2D eigenvalue weighted by Gasteiger charge is 2.22. The van der Waals surface area contributed by atoms with Crippen LogP contribution in [0.15, 0.2) is 21.5 Å². The zero-order valence-electron chi connectivity index (χ0n) is 8.24. The van der Waals surface area contributed by atoms with Crippen LogP contribution >= 0.6 is 26.6 Å². The number of hydrogen-bond donors (Lipinski definition) is 0. The van der Waals surface area contributed by atoms with Crippen molar-refractivity contribution in [2.75, 3.05) is 6.61 Å². The third kappa shape index (κ3) is 4.26. The summed E-state index contributed by atoms with van der Waals surface area (Å²) in [7, 11) is 1.60. The van der Waals surface area contributed by atoms with Gasteiger partial charge in [-0.2, -0.15) is 0 Å². The molecular weight excluding hydrogens is 304 g/mol. The molecular formula is C9H12BrClO3S. The summed E-state index contributed by atoms with van der Waals surface area (Å²) < 4.78 is 28.7. The summed E-state index contributed by atoms with van der Waals surface area (Å²) >= 11 is 3.27. The van der Waals surface area contributed by atoms with E-state index in [0.717, 1.165) is 17.3 Å². The first-order chi connectivity index (χ1) is 6.91. The lowest BCUT2D eigenvalue weighted by Crippen LogP contribution is -2.16. The molecule has 0 amide bonds. The molecule has 0 saturated carbocycles. The molecule has 0 spiro atoms. The van der Waals surface area contributed by atoms with Crippen LogP contribution in [0.1, 0.15) is 19.8 Å². The average Bonchev–Trinajstić information content (AvgIpc) is 2.17. The van der Waals surface area contributed by atoms with Gasteiger partial charge < -0.3 is 4.74 Å². The predicted molar refractivity (Wildman–Crippen MR) is 64.5 cm³/mol. The number of rotatable bonds is 1. The summed E-state index contributed by atoms with van der Waals surface area (Å²) in [5.74, 6) is 0. The van der Waals surface area contributed by atoms with Crippen molar-refractivity contribution in [1.82, 2.24) is 0 Å². The van der Waals surface area contributed by atoms with Crippen LogP contribution in [0.3, 0.4) is 0 Å². The van der Waals surface area contributed by atoms with Crippen LogP contribution in [0.5, 0.6) is 0 Å². The minimum Gasteiger partial charge on any atom is -0.373 e. The Morgan fingerprint density at radius 1 is 1.60 bits per heavy atom. The number of allylic oxidation sites excluding steroid dienone is 3. The van der Waals surface area contributed by atoms with Crippen molar-refractivity contribution in [3.05, 3.63) is 21.5 Å². The van der Waals surface area contributed by atoms with Crippen molar-refractivity contribution in [1.29, 1.82) is 0 Å². The van der Waals surface area contributed by atoms with E-state index in [2.05, 4.69) is 15.9 Å². The van der Waals surface area contributed by atoms with Gasteiger partial charge in [-0.25, -0.2) is 8.42 Å². The maximum absolute atomic E-state index is 11.3. The van der Waals surface area contributed by atoms with Gasteiger partial charge in [0.2, 0.25) is 0 Å². The first-order valence-corrected chi connectivity index (χ1v) is 7.65. The molecule has 0 N–H and O–H groups in total.